The Balaban J connectivity index is 1.87. The Morgan fingerprint density at radius 2 is 1.96 bits per heavy atom. The molecule has 26 heavy (non-hydrogen) atoms. The minimum atomic E-state index is -0.892. The molecule has 2 aliphatic heterocycles. The molecule has 6 heteroatoms. The van der Waals surface area contributed by atoms with Gasteiger partial charge in [0.25, 0.3) is 5.91 Å². The van der Waals surface area contributed by atoms with Crippen LogP contribution in [0.15, 0.2) is 18.2 Å². The van der Waals surface area contributed by atoms with Gasteiger partial charge in [0.1, 0.15) is 11.6 Å². The fraction of sp³-hybridized carbons (Fsp3) is 0.600. The van der Waals surface area contributed by atoms with Crippen molar-refractivity contribution in [1.82, 2.24) is 4.90 Å². The molecule has 1 aromatic rings. The molecule has 142 valence electrons. The van der Waals surface area contributed by atoms with Gasteiger partial charge in [-0.05, 0) is 64.2 Å². The number of aryl methyl sites for hydroxylation is 1. The quantitative estimate of drug-likeness (QED) is 0.836. The summed E-state index contributed by atoms with van der Waals surface area (Å²) in [6, 6.07) is 5.04. The van der Waals surface area contributed by atoms with Crippen LogP contribution in [0.2, 0.25) is 0 Å². The number of benzene rings is 1. The minimum absolute atomic E-state index is 0.229. The summed E-state index contributed by atoms with van der Waals surface area (Å²) in [6.45, 7) is 8.33. The highest BCUT2D eigenvalue weighted by atomic mass is 16.6. The number of nitrogens with zero attached hydrogens (tertiary/aromatic N) is 2. The van der Waals surface area contributed by atoms with Crippen molar-refractivity contribution in [2.75, 3.05) is 18.0 Å². The molecule has 0 spiro atoms. The predicted octanol–water partition coefficient (Wildman–Crippen LogP) is 2.64. The van der Waals surface area contributed by atoms with Crippen molar-refractivity contribution >= 4 is 17.7 Å². The number of anilines is 1. The van der Waals surface area contributed by atoms with Crippen LogP contribution in [0.1, 0.15) is 44.7 Å². The minimum Gasteiger partial charge on any atom is -0.444 e. The van der Waals surface area contributed by atoms with E-state index in [1.165, 1.54) is 10.5 Å². The van der Waals surface area contributed by atoms with E-state index in [9.17, 15) is 14.7 Å². The zero-order chi connectivity index (χ0) is 19.1. The standard InChI is InChI=1S/C20H28N2O4/c1-13-7-5-9-15-14(13)8-6-11-21(15)18(24)17-16(23)10-12-22(17)19(25)26-20(2,3)4/h5,7,9,16-17,23H,6,8,10-12H2,1-4H3/t16-,17+/m1/s1. The van der Waals surface area contributed by atoms with E-state index in [0.717, 1.165) is 24.1 Å². The lowest BCUT2D eigenvalue weighted by Crippen LogP contribution is -2.53. The van der Waals surface area contributed by atoms with E-state index in [0.29, 0.717) is 19.5 Å². The van der Waals surface area contributed by atoms with Gasteiger partial charge in [-0.2, -0.15) is 0 Å². The van der Waals surface area contributed by atoms with Gasteiger partial charge in [-0.25, -0.2) is 4.79 Å². The van der Waals surface area contributed by atoms with Crippen LogP contribution in [-0.4, -0.2) is 52.8 Å². The third-order valence-electron chi connectivity index (χ3n) is 5.00. The van der Waals surface area contributed by atoms with Crippen molar-refractivity contribution < 1.29 is 19.4 Å². The molecule has 1 fully saturated rings. The summed E-state index contributed by atoms with van der Waals surface area (Å²) in [6.07, 6.45) is 0.775. The first kappa shape index (κ1) is 18.7. The number of ether oxygens (including phenoxy) is 1. The topological polar surface area (TPSA) is 70.1 Å². The van der Waals surface area contributed by atoms with Crippen molar-refractivity contribution in [2.45, 2.75) is 64.7 Å². The van der Waals surface area contributed by atoms with Gasteiger partial charge in [0.05, 0.1) is 6.10 Å². The molecule has 2 amide bonds. The summed E-state index contributed by atoms with van der Waals surface area (Å²) in [5, 5.41) is 10.4. The zero-order valence-corrected chi connectivity index (χ0v) is 16.0. The molecular weight excluding hydrogens is 332 g/mol. The van der Waals surface area contributed by atoms with E-state index in [4.69, 9.17) is 4.74 Å². The number of aliphatic hydroxyl groups excluding tert-OH is 1. The van der Waals surface area contributed by atoms with Crippen LogP contribution >= 0.6 is 0 Å². The van der Waals surface area contributed by atoms with Gasteiger partial charge in [-0.3, -0.25) is 9.69 Å². The van der Waals surface area contributed by atoms with Gasteiger partial charge in [0.15, 0.2) is 0 Å². The number of hydrogen-bond donors (Lipinski definition) is 1. The van der Waals surface area contributed by atoms with Gasteiger partial charge in [0, 0.05) is 18.8 Å². The van der Waals surface area contributed by atoms with E-state index >= 15 is 0 Å². The summed E-state index contributed by atoms with van der Waals surface area (Å²) in [7, 11) is 0. The number of rotatable bonds is 1. The third-order valence-corrected chi connectivity index (χ3v) is 5.00. The Hall–Kier alpha value is -2.08. The Morgan fingerprint density at radius 1 is 1.23 bits per heavy atom. The number of carbonyl (C=O) groups excluding carboxylic acids is 2. The summed E-state index contributed by atoms with van der Waals surface area (Å²) in [5.74, 6) is -0.229. The highest BCUT2D eigenvalue weighted by Gasteiger charge is 2.45. The van der Waals surface area contributed by atoms with Gasteiger partial charge in [-0.15, -0.1) is 0 Å². The number of hydrogen-bond acceptors (Lipinski definition) is 4. The molecule has 0 bridgehead atoms. The van der Waals surface area contributed by atoms with Gasteiger partial charge >= 0.3 is 6.09 Å². The second-order valence-corrected chi connectivity index (χ2v) is 8.14. The first-order valence-corrected chi connectivity index (χ1v) is 9.26. The van der Waals surface area contributed by atoms with Crippen molar-refractivity contribution in [3.63, 3.8) is 0 Å². The second-order valence-electron chi connectivity index (χ2n) is 8.14. The molecular formula is C20H28N2O4. The van der Waals surface area contributed by atoms with Crippen molar-refractivity contribution in [2.24, 2.45) is 0 Å². The molecule has 0 unspecified atom stereocenters. The summed E-state index contributed by atoms with van der Waals surface area (Å²) in [4.78, 5) is 28.9. The smallest absolute Gasteiger partial charge is 0.411 e. The van der Waals surface area contributed by atoms with E-state index in [2.05, 4.69) is 0 Å². The number of fused-ring (bicyclic) bond motifs is 1. The lowest BCUT2D eigenvalue weighted by molar-refractivity contribution is -0.125. The molecule has 1 aromatic carbocycles. The monoisotopic (exact) mass is 360 g/mol. The van der Waals surface area contributed by atoms with Crippen molar-refractivity contribution in [1.29, 1.82) is 0 Å². The van der Waals surface area contributed by atoms with Crippen LogP contribution in [0.3, 0.4) is 0 Å². The molecule has 2 heterocycles. The van der Waals surface area contributed by atoms with Gasteiger partial charge < -0.3 is 14.7 Å². The van der Waals surface area contributed by atoms with Crippen LogP contribution in [0.25, 0.3) is 0 Å². The Morgan fingerprint density at radius 3 is 2.65 bits per heavy atom. The summed E-state index contributed by atoms with van der Waals surface area (Å²) >= 11 is 0. The van der Waals surface area contributed by atoms with Crippen molar-refractivity contribution in [3.8, 4) is 0 Å². The van der Waals surface area contributed by atoms with Crippen LogP contribution < -0.4 is 4.90 Å². The number of carbonyl (C=O) groups is 2. The Labute approximate surface area is 154 Å². The molecule has 1 saturated heterocycles. The molecule has 3 rings (SSSR count). The molecule has 0 aliphatic carbocycles. The molecule has 0 saturated carbocycles. The SMILES string of the molecule is Cc1cccc2c1CCCN2C(=O)[C@@H]1[C@H](O)CCN1C(=O)OC(C)(C)C. The number of likely N-dealkylation sites (tertiary alicyclic amines) is 1. The van der Waals surface area contributed by atoms with Gasteiger partial charge in [0.2, 0.25) is 0 Å². The highest BCUT2D eigenvalue weighted by Crippen LogP contribution is 2.32. The first-order chi connectivity index (χ1) is 12.2. The fourth-order valence-corrected chi connectivity index (χ4v) is 3.79. The lowest BCUT2D eigenvalue weighted by Gasteiger charge is -2.35. The van der Waals surface area contributed by atoms with Crippen LogP contribution in [0.4, 0.5) is 10.5 Å². The summed E-state index contributed by atoms with van der Waals surface area (Å²) in [5.41, 5.74) is 2.58. The summed E-state index contributed by atoms with van der Waals surface area (Å²) < 4.78 is 5.43. The average molecular weight is 360 g/mol. The normalized spacial score (nSPS) is 23.0. The molecule has 1 N–H and O–H groups in total. The average Bonchev–Trinajstić information content (AvgIpc) is 2.94. The number of aliphatic hydroxyl groups is 1. The first-order valence-electron chi connectivity index (χ1n) is 9.26. The largest absolute Gasteiger partial charge is 0.444 e. The van der Waals surface area contributed by atoms with Gasteiger partial charge in [-0.1, -0.05) is 12.1 Å². The molecule has 0 radical (unpaired) electrons. The van der Waals surface area contributed by atoms with E-state index < -0.39 is 23.8 Å². The Bertz CT molecular complexity index is 710. The van der Waals surface area contributed by atoms with E-state index in [1.54, 1.807) is 25.7 Å². The van der Waals surface area contributed by atoms with Crippen LogP contribution in [0, 0.1) is 6.92 Å². The molecule has 2 atom stereocenters. The van der Waals surface area contributed by atoms with Crippen LogP contribution in [0.5, 0.6) is 0 Å². The maximum atomic E-state index is 13.3. The second kappa shape index (κ2) is 6.91. The van der Waals surface area contributed by atoms with E-state index in [1.807, 2.05) is 25.1 Å². The molecule has 6 nitrogen and oxygen atoms in total. The third kappa shape index (κ3) is 3.56. The highest BCUT2D eigenvalue weighted by molar-refractivity contribution is 6.00. The zero-order valence-electron chi connectivity index (χ0n) is 16.0. The Kier molecular flexibility index (Phi) is 4.97. The molecule has 0 aromatic heterocycles. The predicted molar refractivity (Wildman–Crippen MR) is 99.2 cm³/mol. The lowest BCUT2D eigenvalue weighted by atomic mass is 9.96. The van der Waals surface area contributed by atoms with Crippen LogP contribution in [-0.2, 0) is 16.0 Å². The molecule has 2 aliphatic rings. The maximum Gasteiger partial charge on any atom is 0.411 e. The maximum absolute atomic E-state index is 13.3. The van der Waals surface area contributed by atoms with E-state index in [-0.39, 0.29) is 5.91 Å². The number of amides is 2. The fourth-order valence-electron chi connectivity index (χ4n) is 3.79. The van der Waals surface area contributed by atoms with Crippen molar-refractivity contribution in [3.05, 3.63) is 29.3 Å².